The molecule has 4 rings (SSSR count). The van der Waals surface area contributed by atoms with Gasteiger partial charge in [0, 0.05) is 17.2 Å². The maximum atomic E-state index is 15.0. The Morgan fingerprint density at radius 1 is 0.639 bits per heavy atom. The monoisotopic (exact) mass is 492 g/mol. The molecule has 36 heavy (non-hydrogen) atoms. The standard InChI is InChI=1S/C29H23F3O4/c1-3-34-20-9-5-18(6-10-20)23-15-16-24(28(32)27(23)31)19-7-11-21(12-8-19)36-29(33)25-14-13-22(35-4-2)17-26(25)30/h5-17H,3-4H2,1-2H3. The fraction of sp³-hybridized carbons (Fsp3) is 0.138. The van der Waals surface area contributed by atoms with E-state index in [9.17, 15) is 18.0 Å². The minimum Gasteiger partial charge on any atom is -0.494 e. The molecule has 4 aromatic rings. The lowest BCUT2D eigenvalue weighted by molar-refractivity contribution is 0.0730. The molecule has 0 atom stereocenters. The van der Waals surface area contributed by atoms with Gasteiger partial charge in [0.05, 0.1) is 18.8 Å². The number of carbonyl (C=O) groups excluding carboxylic acids is 1. The zero-order valence-corrected chi connectivity index (χ0v) is 19.7. The predicted molar refractivity (Wildman–Crippen MR) is 131 cm³/mol. The van der Waals surface area contributed by atoms with Crippen LogP contribution in [0.1, 0.15) is 24.2 Å². The Bertz CT molecular complexity index is 1370. The number of esters is 1. The number of carbonyl (C=O) groups is 1. The average molecular weight is 492 g/mol. The highest BCUT2D eigenvalue weighted by atomic mass is 19.2. The molecule has 4 nitrogen and oxygen atoms in total. The van der Waals surface area contributed by atoms with Crippen LogP contribution in [0.15, 0.2) is 78.9 Å². The Kier molecular flexibility index (Phi) is 7.59. The van der Waals surface area contributed by atoms with Crippen molar-refractivity contribution >= 4 is 5.97 Å². The fourth-order valence-electron chi connectivity index (χ4n) is 3.68. The van der Waals surface area contributed by atoms with Gasteiger partial charge in [-0.2, -0.15) is 0 Å². The first-order chi connectivity index (χ1) is 17.4. The molecule has 184 valence electrons. The van der Waals surface area contributed by atoms with Gasteiger partial charge in [0.15, 0.2) is 11.6 Å². The SMILES string of the molecule is CCOc1ccc(-c2ccc(-c3ccc(OC(=O)c4ccc(OCC)cc4F)cc3)c(F)c2F)cc1. The van der Waals surface area contributed by atoms with E-state index < -0.39 is 23.4 Å². The lowest BCUT2D eigenvalue weighted by atomic mass is 9.98. The Morgan fingerprint density at radius 2 is 1.11 bits per heavy atom. The third kappa shape index (κ3) is 5.35. The van der Waals surface area contributed by atoms with Gasteiger partial charge in [0.25, 0.3) is 0 Å². The molecule has 0 N–H and O–H groups in total. The van der Waals surface area contributed by atoms with Crippen molar-refractivity contribution in [1.29, 1.82) is 0 Å². The molecule has 0 bridgehead atoms. The molecule has 4 aromatic carbocycles. The summed E-state index contributed by atoms with van der Waals surface area (Å²) >= 11 is 0. The van der Waals surface area contributed by atoms with Crippen LogP contribution < -0.4 is 14.2 Å². The summed E-state index contributed by atoms with van der Waals surface area (Å²) < 4.78 is 59.9. The third-order valence-electron chi connectivity index (χ3n) is 5.41. The normalized spacial score (nSPS) is 10.7. The van der Waals surface area contributed by atoms with Crippen LogP contribution in [-0.2, 0) is 0 Å². The van der Waals surface area contributed by atoms with Gasteiger partial charge in [-0.05, 0) is 61.4 Å². The molecule has 0 aliphatic carbocycles. The van der Waals surface area contributed by atoms with Gasteiger partial charge in [-0.3, -0.25) is 0 Å². The highest BCUT2D eigenvalue weighted by molar-refractivity contribution is 5.91. The highest BCUT2D eigenvalue weighted by Crippen LogP contribution is 2.33. The molecule has 0 heterocycles. The lowest BCUT2D eigenvalue weighted by Crippen LogP contribution is -2.11. The summed E-state index contributed by atoms with van der Waals surface area (Å²) in [4.78, 5) is 12.4. The highest BCUT2D eigenvalue weighted by Gasteiger charge is 2.18. The number of halogens is 3. The van der Waals surface area contributed by atoms with Crippen LogP contribution in [-0.4, -0.2) is 19.2 Å². The molecule has 0 spiro atoms. The van der Waals surface area contributed by atoms with Crippen LogP contribution in [0.3, 0.4) is 0 Å². The molecular formula is C29H23F3O4. The van der Waals surface area contributed by atoms with Crippen molar-refractivity contribution in [2.75, 3.05) is 13.2 Å². The summed E-state index contributed by atoms with van der Waals surface area (Å²) in [5.41, 5.74) is 0.835. The first-order valence-corrected chi connectivity index (χ1v) is 11.4. The largest absolute Gasteiger partial charge is 0.494 e. The van der Waals surface area contributed by atoms with E-state index in [0.29, 0.717) is 35.8 Å². The molecule has 0 aliphatic heterocycles. The quantitative estimate of drug-likeness (QED) is 0.189. The minimum atomic E-state index is -0.998. The first-order valence-electron chi connectivity index (χ1n) is 11.4. The van der Waals surface area contributed by atoms with Crippen LogP contribution in [0.5, 0.6) is 17.2 Å². The van der Waals surface area contributed by atoms with Crippen molar-refractivity contribution in [2.45, 2.75) is 13.8 Å². The van der Waals surface area contributed by atoms with Crippen molar-refractivity contribution in [3.05, 3.63) is 102 Å². The van der Waals surface area contributed by atoms with Gasteiger partial charge in [-0.1, -0.05) is 36.4 Å². The second kappa shape index (κ2) is 11.0. The van der Waals surface area contributed by atoms with Crippen molar-refractivity contribution in [2.24, 2.45) is 0 Å². The minimum absolute atomic E-state index is 0.0534. The first kappa shape index (κ1) is 24.9. The summed E-state index contributed by atoms with van der Waals surface area (Å²) in [7, 11) is 0. The number of ether oxygens (including phenoxy) is 3. The summed E-state index contributed by atoms with van der Waals surface area (Å²) in [6.45, 7) is 4.50. The van der Waals surface area contributed by atoms with Gasteiger partial charge in [0.1, 0.15) is 23.1 Å². The Hall–Kier alpha value is -4.26. The van der Waals surface area contributed by atoms with Crippen molar-refractivity contribution < 1.29 is 32.2 Å². The van der Waals surface area contributed by atoms with Crippen LogP contribution >= 0.6 is 0 Å². The molecule has 0 unspecified atom stereocenters. The second-order valence-corrected chi connectivity index (χ2v) is 7.73. The van der Waals surface area contributed by atoms with E-state index in [2.05, 4.69) is 0 Å². The zero-order valence-electron chi connectivity index (χ0n) is 19.7. The number of rotatable bonds is 8. The average Bonchev–Trinajstić information content (AvgIpc) is 2.87. The van der Waals surface area contributed by atoms with Crippen LogP contribution in [0.2, 0.25) is 0 Å². The Labute approximate surface area is 206 Å². The molecule has 0 aliphatic rings. The summed E-state index contributed by atoms with van der Waals surface area (Å²) in [6.07, 6.45) is 0. The van der Waals surface area contributed by atoms with E-state index in [1.54, 1.807) is 31.2 Å². The van der Waals surface area contributed by atoms with E-state index in [-0.39, 0.29) is 22.4 Å². The molecular weight excluding hydrogens is 469 g/mol. The van der Waals surface area contributed by atoms with Gasteiger partial charge in [-0.15, -0.1) is 0 Å². The van der Waals surface area contributed by atoms with Crippen molar-refractivity contribution in [3.8, 4) is 39.5 Å². The van der Waals surface area contributed by atoms with Crippen LogP contribution in [0.25, 0.3) is 22.3 Å². The van der Waals surface area contributed by atoms with E-state index in [1.807, 2.05) is 6.92 Å². The second-order valence-electron chi connectivity index (χ2n) is 7.73. The predicted octanol–water partition coefficient (Wildman–Crippen LogP) is 7.45. The summed E-state index contributed by atoms with van der Waals surface area (Å²) in [6, 6.07) is 19.4. The fourth-order valence-corrected chi connectivity index (χ4v) is 3.68. The zero-order chi connectivity index (χ0) is 25.7. The van der Waals surface area contributed by atoms with E-state index in [0.717, 1.165) is 6.07 Å². The smallest absolute Gasteiger partial charge is 0.346 e. The molecule has 0 amide bonds. The lowest BCUT2D eigenvalue weighted by Gasteiger charge is -2.11. The molecule has 7 heteroatoms. The van der Waals surface area contributed by atoms with Gasteiger partial charge in [0.2, 0.25) is 0 Å². The van der Waals surface area contributed by atoms with E-state index in [1.165, 1.54) is 48.5 Å². The number of benzene rings is 4. The van der Waals surface area contributed by atoms with E-state index in [4.69, 9.17) is 14.2 Å². The number of hydrogen-bond acceptors (Lipinski definition) is 4. The Balaban J connectivity index is 1.51. The number of hydrogen-bond donors (Lipinski definition) is 0. The van der Waals surface area contributed by atoms with Gasteiger partial charge < -0.3 is 14.2 Å². The third-order valence-corrected chi connectivity index (χ3v) is 5.41. The van der Waals surface area contributed by atoms with Gasteiger partial charge >= 0.3 is 5.97 Å². The topological polar surface area (TPSA) is 44.8 Å². The molecule has 0 fully saturated rings. The van der Waals surface area contributed by atoms with Crippen LogP contribution in [0.4, 0.5) is 13.2 Å². The molecule has 0 saturated heterocycles. The van der Waals surface area contributed by atoms with E-state index >= 15 is 0 Å². The maximum absolute atomic E-state index is 15.0. The van der Waals surface area contributed by atoms with Crippen molar-refractivity contribution in [3.63, 3.8) is 0 Å². The summed E-state index contributed by atoms with van der Waals surface area (Å²) in [5, 5.41) is 0. The maximum Gasteiger partial charge on any atom is 0.346 e. The van der Waals surface area contributed by atoms with Gasteiger partial charge in [-0.25, -0.2) is 18.0 Å². The summed E-state index contributed by atoms with van der Waals surface area (Å²) in [5.74, 6) is -2.55. The Morgan fingerprint density at radius 3 is 1.61 bits per heavy atom. The van der Waals surface area contributed by atoms with Crippen molar-refractivity contribution in [1.82, 2.24) is 0 Å². The molecule has 0 aromatic heterocycles. The molecule has 0 radical (unpaired) electrons. The van der Waals surface area contributed by atoms with Crippen LogP contribution in [0, 0.1) is 17.5 Å². The molecule has 0 saturated carbocycles.